The molecule has 2 aromatic carbocycles. The minimum Gasteiger partial charge on any atom is -0.388 e. The topological polar surface area (TPSA) is 20.2 Å². The predicted octanol–water partition coefficient (Wildman–Crippen LogP) is 4.68. The van der Waals surface area contributed by atoms with Crippen molar-refractivity contribution in [2.45, 2.75) is 34.1 Å². The lowest BCUT2D eigenvalue weighted by atomic mass is 10.0. The van der Waals surface area contributed by atoms with Crippen molar-refractivity contribution >= 4 is 23.5 Å². The van der Waals surface area contributed by atoms with E-state index in [1.807, 2.05) is 6.07 Å². The maximum Gasteiger partial charge on any atom is 0.124 e. The van der Waals surface area contributed by atoms with E-state index in [0.29, 0.717) is 6.42 Å². The van der Waals surface area contributed by atoms with Gasteiger partial charge in [0.25, 0.3) is 0 Å². The Morgan fingerprint density at radius 2 is 2.10 bits per heavy atom. The van der Waals surface area contributed by atoms with Gasteiger partial charge in [0.05, 0.1) is 6.10 Å². The van der Waals surface area contributed by atoms with E-state index in [-0.39, 0.29) is 5.82 Å². The monoisotopic (exact) mass is 306 g/mol. The Kier molecular flexibility index (Phi) is 4.06. The molecule has 20 heavy (non-hydrogen) atoms. The number of aliphatic hydroxyl groups excluding tert-OH is 1. The Bertz CT molecular complexity index is 642. The zero-order chi connectivity index (χ0) is 14.1. The molecule has 1 heterocycles. The molecule has 0 aromatic heterocycles. The summed E-state index contributed by atoms with van der Waals surface area (Å²) in [7, 11) is 0. The second-order valence-electron chi connectivity index (χ2n) is 4.71. The highest BCUT2D eigenvalue weighted by Gasteiger charge is 2.21. The van der Waals surface area contributed by atoms with Gasteiger partial charge in [-0.3, -0.25) is 0 Å². The van der Waals surface area contributed by atoms with Crippen molar-refractivity contribution in [3.05, 3.63) is 53.3 Å². The maximum absolute atomic E-state index is 13.4. The van der Waals surface area contributed by atoms with E-state index in [1.165, 1.54) is 22.7 Å². The van der Waals surface area contributed by atoms with Crippen molar-refractivity contribution in [2.75, 3.05) is 5.75 Å². The number of halogens is 1. The number of benzene rings is 2. The summed E-state index contributed by atoms with van der Waals surface area (Å²) in [4.78, 5) is 3.09. The summed E-state index contributed by atoms with van der Waals surface area (Å²) in [5.74, 6) is 0.778. The summed E-state index contributed by atoms with van der Waals surface area (Å²) in [6, 6.07) is 10.9. The van der Waals surface area contributed by atoms with E-state index in [4.69, 9.17) is 0 Å². The molecule has 2 aromatic rings. The largest absolute Gasteiger partial charge is 0.388 e. The molecule has 0 fully saturated rings. The van der Waals surface area contributed by atoms with Crippen molar-refractivity contribution in [2.24, 2.45) is 0 Å². The zero-order valence-corrected chi connectivity index (χ0v) is 12.7. The van der Waals surface area contributed by atoms with Crippen LogP contribution in [0.25, 0.3) is 0 Å². The molecule has 104 valence electrons. The SMILES string of the molecule is CCSc1ccc2c(c1)C(O)Cc1ccc(F)cc1S2. The Morgan fingerprint density at radius 3 is 2.90 bits per heavy atom. The van der Waals surface area contributed by atoms with Crippen LogP contribution in [-0.2, 0) is 6.42 Å². The van der Waals surface area contributed by atoms with Crippen molar-refractivity contribution in [3.63, 3.8) is 0 Å². The van der Waals surface area contributed by atoms with Crippen molar-refractivity contribution < 1.29 is 9.50 Å². The molecule has 0 aliphatic carbocycles. The number of aliphatic hydroxyl groups is 1. The fraction of sp³-hybridized carbons (Fsp3) is 0.250. The van der Waals surface area contributed by atoms with Gasteiger partial charge in [0.15, 0.2) is 0 Å². The van der Waals surface area contributed by atoms with Gasteiger partial charge in [-0.2, -0.15) is 0 Å². The molecule has 0 saturated carbocycles. The third-order valence-electron chi connectivity index (χ3n) is 3.31. The molecule has 0 spiro atoms. The normalized spacial score (nSPS) is 17.2. The van der Waals surface area contributed by atoms with E-state index < -0.39 is 6.10 Å². The zero-order valence-electron chi connectivity index (χ0n) is 11.1. The van der Waals surface area contributed by atoms with Crippen LogP contribution in [0.1, 0.15) is 24.2 Å². The molecular weight excluding hydrogens is 291 g/mol. The molecule has 1 unspecified atom stereocenters. The van der Waals surface area contributed by atoms with Gasteiger partial charge < -0.3 is 5.11 Å². The average molecular weight is 306 g/mol. The third-order valence-corrected chi connectivity index (χ3v) is 5.38. The van der Waals surface area contributed by atoms with Crippen LogP contribution >= 0.6 is 23.5 Å². The lowest BCUT2D eigenvalue weighted by Crippen LogP contribution is -2.01. The number of fused-ring (bicyclic) bond motifs is 2. The van der Waals surface area contributed by atoms with Crippen LogP contribution in [0.2, 0.25) is 0 Å². The minimum absolute atomic E-state index is 0.229. The highest BCUT2D eigenvalue weighted by Crippen LogP contribution is 2.42. The summed E-state index contributed by atoms with van der Waals surface area (Å²) < 4.78 is 13.4. The van der Waals surface area contributed by atoms with Gasteiger partial charge >= 0.3 is 0 Å². The van der Waals surface area contributed by atoms with Gasteiger partial charge in [-0.05, 0) is 47.2 Å². The van der Waals surface area contributed by atoms with Gasteiger partial charge in [-0.1, -0.05) is 24.8 Å². The molecule has 1 aliphatic heterocycles. The van der Waals surface area contributed by atoms with Gasteiger partial charge in [0.2, 0.25) is 0 Å². The van der Waals surface area contributed by atoms with Crippen molar-refractivity contribution in [3.8, 4) is 0 Å². The first-order valence-electron chi connectivity index (χ1n) is 6.58. The van der Waals surface area contributed by atoms with Crippen molar-refractivity contribution in [1.82, 2.24) is 0 Å². The summed E-state index contributed by atoms with van der Waals surface area (Å²) in [5, 5.41) is 10.4. The molecule has 3 rings (SSSR count). The van der Waals surface area contributed by atoms with Crippen LogP contribution in [0.5, 0.6) is 0 Å². The second kappa shape index (κ2) is 5.80. The van der Waals surface area contributed by atoms with Gasteiger partial charge in [-0.25, -0.2) is 4.39 Å². The van der Waals surface area contributed by atoms with Gasteiger partial charge in [-0.15, -0.1) is 11.8 Å². The number of rotatable bonds is 2. The quantitative estimate of drug-likeness (QED) is 0.814. The molecule has 0 saturated heterocycles. The average Bonchev–Trinajstić information content (AvgIpc) is 2.56. The highest BCUT2D eigenvalue weighted by atomic mass is 32.2. The Labute approximate surface area is 126 Å². The van der Waals surface area contributed by atoms with Gasteiger partial charge in [0.1, 0.15) is 5.82 Å². The molecule has 4 heteroatoms. The minimum atomic E-state index is -0.526. The molecule has 0 radical (unpaired) electrons. The number of hydrogen-bond acceptors (Lipinski definition) is 3. The fourth-order valence-electron chi connectivity index (χ4n) is 2.37. The Hall–Kier alpha value is -0.970. The number of thioether (sulfide) groups is 1. The summed E-state index contributed by atoms with van der Waals surface area (Å²) in [6.07, 6.45) is 0.0113. The fourth-order valence-corrected chi connectivity index (χ4v) is 4.21. The Morgan fingerprint density at radius 1 is 1.25 bits per heavy atom. The number of hydrogen-bond donors (Lipinski definition) is 1. The van der Waals surface area contributed by atoms with Crippen LogP contribution in [0, 0.1) is 5.82 Å². The van der Waals surface area contributed by atoms with Gasteiger partial charge in [0, 0.05) is 21.1 Å². The molecule has 1 N–H and O–H groups in total. The van der Waals surface area contributed by atoms with E-state index >= 15 is 0 Å². The molecule has 0 bridgehead atoms. The first-order valence-corrected chi connectivity index (χ1v) is 8.38. The maximum atomic E-state index is 13.4. The molecular formula is C16H15FOS2. The van der Waals surface area contributed by atoms with E-state index in [9.17, 15) is 9.50 Å². The van der Waals surface area contributed by atoms with Crippen LogP contribution in [-0.4, -0.2) is 10.9 Å². The first kappa shape index (κ1) is 14.0. The second-order valence-corrected chi connectivity index (χ2v) is 7.13. The van der Waals surface area contributed by atoms with Crippen LogP contribution < -0.4 is 0 Å². The molecule has 0 amide bonds. The van der Waals surface area contributed by atoms with Crippen LogP contribution in [0.4, 0.5) is 4.39 Å². The smallest absolute Gasteiger partial charge is 0.124 e. The third kappa shape index (κ3) is 2.73. The summed E-state index contributed by atoms with van der Waals surface area (Å²) in [6.45, 7) is 2.11. The summed E-state index contributed by atoms with van der Waals surface area (Å²) in [5.41, 5.74) is 1.95. The van der Waals surface area contributed by atoms with Crippen LogP contribution in [0.3, 0.4) is 0 Å². The van der Waals surface area contributed by atoms with E-state index in [0.717, 1.165) is 26.7 Å². The highest BCUT2D eigenvalue weighted by molar-refractivity contribution is 7.99. The first-order chi connectivity index (χ1) is 9.67. The standard InChI is InChI=1S/C16H15FOS2/c1-2-19-12-5-6-15-13(9-12)14(18)7-10-3-4-11(17)8-16(10)20-15/h3-6,8-9,14,18H,2,7H2,1H3. The lowest BCUT2D eigenvalue weighted by Gasteiger charge is -2.12. The summed E-state index contributed by atoms with van der Waals surface area (Å²) >= 11 is 3.30. The molecule has 1 atom stereocenters. The molecule has 1 nitrogen and oxygen atoms in total. The lowest BCUT2D eigenvalue weighted by molar-refractivity contribution is 0.175. The predicted molar refractivity (Wildman–Crippen MR) is 82.0 cm³/mol. The molecule has 1 aliphatic rings. The van der Waals surface area contributed by atoms with Crippen LogP contribution in [0.15, 0.2) is 51.1 Å². The Balaban J connectivity index is 2.04. The van der Waals surface area contributed by atoms with E-state index in [2.05, 4.69) is 19.1 Å². The van der Waals surface area contributed by atoms with E-state index in [1.54, 1.807) is 23.9 Å². The van der Waals surface area contributed by atoms with Crippen molar-refractivity contribution in [1.29, 1.82) is 0 Å².